The van der Waals surface area contributed by atoms with Gasteiger partial charge in [0.15, 0.2) is 0 Å². The lowest BCUT2D eigenvalue weighted by Crippen LogP contribution is -2.48. The third-order valence-corrected chi connectivity index (χ3v) is 4.12. The van der Waals surface area contributed by atoms with E-state index in [0.29, 0.717) is 0 Å². The number of rotatable bonds is 0. The smallest absolute Gasteiger partial charge is 0.0640 e. The van der Waals surface area contributed by atoms with Gasteiger partial charge in [0.2, 0.25) is 0 Å². The van der Waals surface area contributed by atoms with Crippen molar-refractivity contribution < 1.29 is 5.11 Å². The quantitative estimate of drug-likeness (QED) is 0.663. The first kappa shape index (κ1) is 8.49. The lowest BCUT2D eigenvalue weighted by Gasteiger charge is -2.49. The molecule has 1 aromatic rings. The number of aryl methyl sites for hydroxylation is 1. The fraction of sp³-hybridized carbons (Fsp3) is 0.538. The Hall–Kier alpha value is -0.820. The summed E-state index contributed by atoms with van der Waals surface area (Å²) in [7, 11) is 0. The van der Waals surface area contributed by atoms with Gasteiger partial charge in [0.05, 0.1) is 6.10 Å². The normalized spacial score (nSPS) is 28.2. The molecule has 0 aliphatic heterocycles. The molecule has 2 aliphatic rings. The van der Waals surface area contributed by atoms with E-state index in [1.54, 1.807) is 0 Å². The number of benzene rings is 1. The van der Waals surface area contributed by atoms with Gasteiger partial charge in [-0.25, -0.2) is 0 Å². The van der Waals surface area contributed by atoms with Crippen LogP contribution < -0.4 is 0 Å². The van der Waals surface area contributed by atoms with Crippen LogP contribution in [0.2, 0.25) is 0 Å². The zero-order chi connectivity index (χ0) is 9.60. The van der Waals surface area contributed by atoms with Crippen LogP contribution in [0, 0.1) is 0 Å². The second-order valence-corrected chi connectivity index (χ2v) is 4.72. The van der Waals surface area contributed by atoms with Crippen molar-refractivity contribution in [1.82, 2.24) is 0 Å². The SMILES string of the molecule is OC1CCc2ccccc2C12CCC2. The van der Waals surface area contributed by atoms with Crippen LogP contribution >= 0.6 is 0 Å². The van der Waals surface area contributed by atoms with Gasteiger partial charge in [-0.2, -0.15) is 0 Å². The summed E-state index contributed by atoms with van der Waals surface area (Å²) < 4.78 is 0. The Bertz CT molecular complexity index is 352. The molecule has 1 nitrogen and oxygen atoms in total. The third kappa shape index (κ3) is 0.936. The highest BCUT2D eigenvalue weighted by Crippen LogP contribution is 2.51. The van der Waals surface area contributed by atoms with Crippen molar-refractivity contribution >= 4 is 0 Å². The van der Waals surface area contributed by atoms with Crippen LogP contribution in [0.4, 0.5) is 0 Å². The predicted molar refractivity (Wildman–Crippen MR) is 56.3 cm³/mol. The zero-order valence-corrected chi connectivity index (χ0v) is 8.37. The van der Waals surface area contributed by atoms with E-state index in [1.165, 1.54) is 30.4 Å². The van der Waals surface area contributed by atoms with Crippen LogP contribution in [0.15, 0.2) is 24.3 Å². The number of fused-ring (bicyclic) bond motifs is 2. The maximum Gasteiger partial charge on any atom is 0.0640 e. The topological polar surface area (TPSA) is 20.2 Å². The van der Waals surface area contributed by atoms with Gasteiger partial charge < -0.3 is 5.11 Å². The molecule has 2 aliphatic carbocycles. The number of aliphatic hydroxyl groups excluding tert-OH is 1. The minimum absolute atomic E-state index is 0.0915. The maximum atomic E-state index is 10.1. The van der Waals surface area contributed by atoms with E-state index >= 15 is 0 Å². The summed E-state index contributed by atoms with van der Waals surface area (Å²) in [5, 5.41) is 10.1. The van der Waals surface area contributed by atoms with Gasteiger partial charge in [-0.05, 0) is 36.8 Å². The molecule has 1 saturated carbocycles. The summed E-state index contributed by atoms with van der Waals surface area (Å²) in [6.45, 7) is 0. The highest BCUT2D eigenvalue weighted by atomic mass is 16.3. The Morgan fingerprint density at radius 3 is 2.71 bits per heavy atom. The van der Waals surface area contributed by atoms with E-state index in [0.717, 1.165) is 12.8 Å². The molecule has 1 fully saturated rings. The van der Waals surface area contributed by atoms with Crippen molar-refractivity contribution in [2.45, 2.75) is 43.6 Å². The van der Waals surface area contributed by atoms with Crippen molar-refractivity contribution in [3.05, 3.63) is 35.4 Å². The molecule has 1 aromatic carbocycles. The molecular formula is C13H16O. The van der Waals surface area contributed by atoms with Crippen molar-refractivity contribution in [2.24, 2.45) is 0 Å². The van der Waals surface area contributed by atoms with Gasteiger partial charge in [-0.1, -0.05) is 30.7 Å². The first-order valence-electron chi connectivity index (χ1n) is 5.59. The summed E-state index contributed by atoms with van der Waals surface area (Å²) in [6.07, 6.45) is 5.57. The molecule has 1 spiro atoms. The molecule has 0 amide bonds. The van der Waals surface area contributed by atoms with E-state index in [2.05, 4.69) is 24.3 Å². The van der Waals surface area contributed by atoms with Crippen LogP contribution in [-0.2, 0) is 11.8 Å². The van der Waals surface area contributed by atoms with Crippen LogP contribution in [0.25, 0.3) is 0 Å². The number of hydrogen-bond donors (Lipinski definition) is 1. The highest BCUT2D eigenvalue weighted by molar-refractivity contribution is 5.40. The average molecular weight is 188 g/mol. The van der Waals surface area contributed by atoms with Gasteiger partial charge in [0.25, 0.3) is 0 Å². The van der Waals surface area contributed by atoms with Crippen LogP contribution in [0.5, 0.6) is 0 Å². The van der Waals surface area contributed by atoms with Gasteiger partial charge >= 0.3 is 0 Å². The number of aliphatic hydroxyl groups is 1. The molecule has 0 bridgehead atoms. The molecule has 1 atom stereocenters. The largest absolute Gasteiger partial charge is 0.392 e. The lowest BCUT2D eigenvalue weighted by atomic mass is 9.57. The fourth-order valence-electron chi connectivity index (χ4n) is 3.13. The fourth-order valence-corrected chi connectivity index (χ4v) is 3.13. The highest BCUT2D eigenvalue weighted by Gasteiger charge is 2.47. The zero-order valence-electron chi connectivity index (χ0n) is 8.37. The van der Waals surface area contributed by atoms with E-state index in [4.69, 9.17) is 0 Å². The summed E-state index contributed by atoms with van der Waals surface area (Å²) in [4.78, 5) is 0. The van der Waals surface area contributed by atoms with Crippen molar-refractivity contribution in [3.8, 4) is 0 Å². The summed E-state index contributed by atoms with van der Waals surface area (Å²) >= 11 is 0. The Morgan fingerprint density at radius 2 is 2.00 bits per heavy atom. The van der Waals surface area contributed by atoms with E-state index < -0.39 is 0 Å². The van der Waals surface area contributed by atoms with Crippen LogP contribution in [0.1, 0.15) is 36.8 Å². The molecular weight excluding hydrogens is 172 g/mol. The second-order valence-electron chi connectivity index (χ2n) is 4.72. The monoisotopic (exact) mass is 188 g/mol. The van der Waals surface area contributed by atoms with Crippen molar-refractivity contribution in [1.29, 1.82) is 0 Å². The molecule has 14 heavy (non-hydrogen) atoms. The van der Waals surface area contributed by atoms with Gasteiger partial charge in [0.1, 0.15) is 0 Å². The second kappa shape index (κ2) is 2.83. The molecule has 0 radical (unpaired) electrons. The summed E-state index contributed by atoms with van der Waals surface area (Å²) in [5.41, 5.74) is 3.05. The van der Waals surface area contributed by atoms with Gasteiger partial charge in [-0.3, -0.25) is 0 Å². The molecule has 0 aromatic heterocycles. The Labute approximate surface area is 84.8 Å². The molecule has 1 unspecified atom stereocenters. The standard InChI is InChI=1S/C13H16O/c14-12-7-6-10-4-1-2-5-11(10)13(12)8-3-9-13/h1-2,4-5,12,14H,3,6-9H2. The van der Waals surface area contributed by atoms with Crippen LogP contribution in [0.3, 0.4) is 0 Å². The lowest BCUT2D eigenvalue weighted by molar-refractivity contribution is 0.0144. The minimum atomic E-state index is -0.0915. The third-order valence-electron chi connectivity index (χ3n) is 4.12. The number of hydrogen-bond acceptors (Lipinski definition) is 1. The summed E-state index contributed by atoms with van der Waals surface area (Å²) in [6, 6.07) is 8.66. The molecule has 1 heteroatoms. The van der Waals surface area contributed by atoms with E-state index in [1.807, 2.05) is 0 Å². The van der Waals surface area contributed by atoms with Crippen molar-refractivity contribution in [2.75, 3.05) is 0 Å². The summed E-state index contributed by atoms with van der Waals surface area (Å²) in [5.74, 6) is 0. The molecule has 74 valence electrons. The van der Waals surface area contributed by atoms with E-state index in [9.17, 15) is 5.11 Å². The Balaban J connectivity index is 2.12. The van der Waals surface area contributed by atoms with Crippen LogP contribution in [-0.4, -0.2) is 11.2 Å². The molecule has 1 N–H and O–H groups in total. The average Bonchev–Trinajstić information content (AvgIpc) is 2.15. The maximum absolute atomic E-state index is 10.1. The van der Waals surface area contributed by atoms with Gasteiger partial charge in [0, 0.05) is 5.41 Å². The first-order chi connectivity index (χ1) is 6.83. The molecule has 0 saturated heterocycles. The first-order valence-corrected chi connectivity index (χ1v) is 5.59. The van der Waals surface area contributed by atoms with E-state index in [-0.39, 0.29) is 11.5 Å². The minimum Gasteiger partial charge on any atom is -0.392 e. The van der Waals surface area contributed by atoms with Gasteiger partial charge in [-0.15, -0.1) is 0 Å². The molecule has 0 heterocycles. The predicted octanol–water partition coefficient (Wildman–Crippen LogP) is 2.42. The molecule has 3 rings (SSSR count). The Kier molecular flexibility index (Phi) is 1.72. The Morgan fingerprint density at radius 1 is 1.21 bits per heavy atom. The van der Waals surface area contributed by atoms with Crippen molar-refractivity contribution in [3.63, 3.8) is 0 Å².